The summed E-state index contributed by atoms with van der Waals surface area (Å²) in [4.78, 5) is 20.7. The monoisotopic (exact) mass is 327 g/mol. The number of esters is 1. The van der Waals surface area contributed by atoms with Crippen molar-refractivity contribution in [3.63, 3.8) is 0 Å². The van der Waals surface area contributed by atoms with Crippen LogP contribution in [0.3, 0.4) is 0 Å². The van der Waals surface area contributed by atoms with Gasteiger partial charge in [-0.15, -0.1) is 0 Å². The Morgan fingerprint density at radius 1 is 1.47 bits per heavy atom. The van der Waals surface area contributed by atoms with Gasteiger partial charge in [-0.1, -0.05) is 11.6 Å². The number of carbonyl (C=O) groups is 1. The van der Waals surface area contributed by atoms with Gasteiger partial charge in [0.2, 0.25) is 0 Å². The molecular weight excluding hydrogens is 321 g/mol. The third-order valence-corrected chi connectivity index (χ3v) is 3.86. The summed E-state index contributed by atoms with van der Waals surface area (Å²) in [7, 11) is 0.775. The van der Waals surface area contributed by atoms with Crippen LogP contribution < -0.4 is 0 Å². The number of nitrogens with zero attached hydrogens (tertiary/aromatic N) is 1. The fraction of sp³-hybridized carbons (Fsp3) is 0.222. The number of hydrogen-bond acceptors (Lipinski definition) is 6. The minimum atomic E-state index is -4.33. The molecule has 0 fully saturated rings. The predicted molar refractivity (Wildman–Crippen MR) is 67.1 cm³/mol. The predicted octanol–water partition coefficient (Wildman–Crippen LogP) is 2.35. The van der Waals surface area contributed by atoms with Crippen molar-refractivity contribution >= 4 is 43.0 Å². The summed E-state index contributed by atoms with van der Waals surface area (Å²) in [6.45, 7) is 1.52. The molecule has 0 aliphatic heterocycles. The van der Waals surface area contributed by atoms with Crippen LogP contribution in [0.25, 0.3) is 0 Å². The minimum Gasteiger partial charge on any atom is -0.462 e. The second kappa shape index (κ2) is 5.72. The molecule has 1 aromatic rings. The first-order chi connectivity index (χ1) is 8.68. The second-order valence-corrected chi connectivity index (χ2v) is 6.13. The van der Waals surface area contributed by atoms with Crippen molar-refractivity contribution < 1.29 is 22.9 Å². The molecule has 7 nitrogen and oxygen atoms in total. The Balaban J connectivity index is 3.60. The van der Waals surface area contributed by atoms with E-state index < -0.39 is 41.1 Å². The lowest BCUT2D eigenvalue weighted by Crippen LogP contribution is -2.08. The molecule has 0 saturated heterocycles. The van der Waals surface area contributed by atoms with Crippen molar-refractivity contribution in [1.29, 1.82) is 0 Å². The lowest BCUT2D eigenvalue weighted by Gasteiger charge is -2.07. The molecule has 0 saturated carbocycles. The smallest absolute Gasteiger partial charge is 0.339 e. The van der Waals surface area contributed by atoms with Crippen LogP contribution >= 0.6 is 22.3 Å². The summed E-state index contributed by atoms with van der Waals surface area (Å²) < 4.78 is 27.2. The van der Waals surface area contributed by atoms with Crippen molar-refractivity contribution in [2.75, 3.05) is 6.61 Å². The zero-order valence-electron chi connectivity index (χ0n) is 9.42. The molecule has 0 aliphatic rings. The van der Waals surface area contributed by atoms with Crippen LogP contribution in [0.2, 0.25) is 5.02 Å². The average molecular weight is 328 g/mol. The number of halogens is 2. The van der Waals surface area contributed by atoms with Crippen LogP contribution in [-0.2, 0) is 13.8 Å². The molecule has 0 bridgehead atoms. The highest BCUT2D eigenvalue weighted by Crippen LogP contribution is 2.32. The van der Waals surface area contributed by atoms with E-state index in [0.29, 0.717) is 6.07 Å². The third kappa shape index (κ3) is 3.55. The molecule has 1 rings (SSSR count). The van der Waals surface area contributed by atoms with Crippen LogP contribution in [0.5, 0.6) is 0 Å². The number of nitro groups is 1. The van der Waals surface area contributed by atoms with Gasteiger partial charge in [0.15, 0.2) is 0 Å². The molecule has 0 atom stereocenters. The summed E-state index contributed by atoms with van der Waals surface area (Å²) in [6.07, 6.45) is 0. The van der Waals surface area contributed by atoms with Crippen LogP contribution in [0.15, 0.2) is 17.0 Å². The zero-order chi connectivity index (χ0) is 14.8. The Morgan fingerprint density at radius 2 is 2.05 bits per heavy atom. The van der Waals surface area contributed by atoms with Gasteiger partial charge in [0, 0.05) is 22.8 Å². The van der Waals surface area contributed by atoms with Crippen LogP contribution in [0, 0.1) is 10.1 Å². The molecule has 1 aromatic carbocycles. The molecule has 0 aromatic heterocycles. The Morgan fingerprint density at radius 3 is 2.47 bits per heavy atom. The summed E-state index contributed by atoms with van der Waals surface area (Å²) in [5.41, 5.74) is -1.07. The number of hydrogen-bond donors (Lipinski definition) is 0. The summed E-state index contributed by atoms with van der Waals surface area (Å²) in [5, 5.41) is 10.2. The quantitative estimate of drug-likeness (QED) is 0.364. The first-order valence-electron chi connectivity index (χ1n) is 4.78. The molecule has 0 amide bonds. The van der Waals surface area contributed by atoms with Gasteiger partial charge >= 0.3 is 5.97 Å². The van der Waals surface area contributed by atoms with Gasteiger partial charge in [0.1, 0.15) is 4.90 Å². The number of carbonyl (C=O) groups excluding carboxylic acids is 1. The fourth-order valence-corrected chi connectivity index (χ4v) is 2.78. The van der Waals surface area contributed by atoms with E-state index in [2.05, 4.69) is 4.74 Å². The van der Waals surface area contributed by atoms with Gasteiger partial charge in [0.25, 0.3) is 14.7 Å². The number of benzene rings is 1. The van der Waals surface area contributed by atoms with Crippen LogP contribution in [0.1, 0.15) is 17.3 Å². The van der Waals surface area contributed by atoms with Crippen molar-refractivity contribution in [3.05, 3.63) is 32.8 Å². The highest BCUT2D eigenvalue weighted by atomic mass is 35.7. The number of nitro benzene ring substituents is 1. The molecule has 0 radical (unpaired) electrons. The Labute approximate surface area is 117 Å². The molecule has 19 heavy (non-hydrogen) atoms. The zero-order valence-corrected chi connectivity index (χ0v) is 11.8. The van der Waals surface area contributed by atoms with E-state index in [1.54, 1.807) is 0 Å². The maximum atomic E-state index is 11.6. The van der Waals surface area contributed by atoms with E-state index in [-0.39, 0.29) is 6.61 Å². The summed E-state index contributed by atoms with van der Waals surface area (Å²) >= 11 is 5.71. The standard InChI is InChI=1S/C9H7Cl2NO6S/c1-2-18-9(13)6-3-5(12(14)15)4-7(8(6)10)19(11,16)17/h3-4H,2H2,1H3. The summed E-state index contributed by atoms with van der Waals surface area (Å²) in [5.74, 6) is -0.974. The Bertz CT molecular complexity index is 642. The van der Waals surface area contributed by atoms with Crippen molar-refractivity contribution in [2.24, 2.45) is 0 Å². The van der Waals surface area contributed by atoms with Crippen LogP contribution in [0.4, 0.5) is 5.69 Å². The van der Waals surface area contributed by atoms with Gasteiger partial charge in [-0.05, 0) is 6.92 Å². The molecule has 0 aliphatic carbocycles. The van der Waals surface area contributed by atoms with Gasteiger partial charge in [-0.2, -0.15) is 0 Å². The topological polar surface area (TPSA) is 104 Å². The van der Waals surface area contributed by atoms with Gasteiger partial charge in [-0.25, -0.2) is 13.2 Å². The van der Waals surface area contributed by atoms with Crippen molar-refractivity contribution in [3.8, 4) is 0 Å². The molecular formula is C9H7Cl2NO6S. The maximum Gasteiger partial charge on any atom is 0.339 e. The molecule has 0 unspecified atom stereocenters. The van der Waals surface area contributed by atoms with E-state index in [1.165, 1.54) is 6.92 Å². The average Bonchev–Trinajstić information content (AvgIpc) is 2.27. The minimum absolute atomic E-state index is 0.000806. The molecule has 104 valence electrons. The lowest BCUT2D eigenvalue weighted by atomic mass is 10.2. The normalized spacial score (nSPS) is 11.1. The molecule has 0 heterocycles. The van der Waals surface area contributed by atoms with E-state index in [1.807, 2.05) is 0 Å². The van der Waals surface area contributed by atoms with E-state index in [9.17, 15) is 23.3 Å². The van der Waals surface area contributed by atoms with E-state index in [0.717, 1.165) is 6.07 Å². The highest BCUT2D eigenvalue weighted by molar-refractivity contribution is 8.13. The van der Waals surface area contributed by atoms with Gasteiger partial charge in [0.05, 0.1) is 22.1 Å². The molecule has 0 N–H and O–H groups in total. The third-order valence-electron chi connectivity index (χ3n) is 1.99. The first kappa shape index (κ1) is 15.7. The molecule has 0 spiro atoms. The van der Waals surface area contributed by atoms with Crippen LogP contribution in [-0.4, -0.2) is 25.9 Å². The number of rotatable bonds is 4. The van der Waals surface area contributed by atoms with E-state index in [4.69, 9.17) is 22.3 Å². The largest absolute Gasteiger partial charge is 0.462 e. The second-order valence-electron chi connectivity index (χ2n) is 3.22. The van der Waals surface area contributed by atoms with Gasteiger partial charge in [-0.3, -0.25) is 10.1 Å². The van der Waals surface area contributed by atoms with E-state index >= 15 is 0 Å². The fourth-order valence-electron chi connectivity index (χ4n) is 1.22. The highest BCUT2D eigenvalue weighted by Gasteiger charge is 2.26. The van der Waals surface area contributed by atoms with Crippen molar-refractivity contribution in [1.82, 2.24) is 0 Å². The Kier molecular flexibility index (Phi) is 4.72. The van der Waals surface area contributed by atoms with Gasteiger partial charge < -0.3 is 4.74 Å². The number of ether oxygens (including phenoxy) is 1. The Hall–Kier alpha value is -1.38. The number of non-ortho nitro benzene ring substituents is 1. The first-order valence-corrected chi connectivity index (χ1v) is 7.47. The maximum absolute atomic E-state index is 11.6. The SMILES string of the molecule is CCOC(=O)c1cc([N+](=O)[O-])cc(S(=O)(=O)Cl)c1Cl. The molecule has 10 heteroatoms. The van der Waals surface area contributed by atoms with Crippen molar-refractivity contribution in [2.45, 2.75) is 11.8 Å². The summed E-state index contributed by atoms with van der Waals surface area (Å²) in [6, 6.07) is 1.50. The lowest BCUT2D eigenvalue weighted by molar-refractivity contribution is -0.385.